The zero-order valence-corrected chi connectivity index (χ0v) is 16.8. The van der Waals surface area contributed by atoms with E-state index in [0.717, 1.165) is 39.9 Å². The maximum Gasteiger partial charge on any atom is 0.416 e. The molecular formula is C16H17F3N2O4S3. The van der Waals surface area contributed by atoms with Gasteiger partial charge in [-0.3, -0.25) is 0 Å². The lowest BCUT2D eigenvalue weighted by atomic mass is 10.1. The molecule has 0 unspecified atom stereocenters. The lowest BCUT2D eigenvalue weighted by molar-refractivity contribution is -0.137. The first-order valence-electron chi connectivity index (χ1n) is 8.23. The summed E-state index contributed by atoms with van der Waals surface area (Å²) in [5, 5.41) is 1.65. The van der Waals surface area contributed by atoms with Gasteiger partial charge in [0, 0.05) is 19.1 Å². The molecule has 6 nitrogen and oxygen atoms in total. The fourth-order valence-corrected chi connectivity index (χ4v) is 6.66. The second kappa shape index (κ2) is 7.75. The third-order valence-corrected chi connectivity index (χ3v) is 9.19. The third kappa shape index (κ3) is 4.57. The summed E-state index contributed by atoms with van der Waals surface area (Å²) in [6.45, 7) is 0.141. The highest BCUT2D eigenvalue weighted by Gasteiger charge is 2.33. The first-order chi connectivity index (χ1) is 13.0. The van der Waals surface area contributed by atoms with Crippen LogP contribution in [0.5, 0.6) is 0 Å². The Bertz CT molecular complexity index is 1010. The molecule has 12 heteroatoms. The molecule has 1 fully saturated rings. The molecule has 1 aromatic heterocycles. The third-order valence-electron chi connectivity index (χ3n) is 4.36. The minimum Gasteiger partial charge on any atom is -0.207 e. The van der Waals surface area contributed by atoms with Gasteiger partial charge in [-0.2, -0.15) is 17.5 Å². The predicted molar refractivity (Wildman–Crippen MR) is 97.9 cm³/mol. The molecule has 0 amide bonds. The quantitative estimate of drug-likeness (QED) is 0.753. The van der Waals surface area contributed by atoms with E-state index in [1.807, 2.05) is 0 Å². The van der Waals surface area contributed by atoms with Crippen molar-refractivity contribution in [1.82, 2.24) is 9.03 Å². The first kappa shape index (κ1) is 21.2. The number of nitrogens with zero attached hydrogens (tertiary/aromatic N) is 1. The van der Waals surface area contributed by atoms with Crippen molar-refractivity contribution in [2.24, 2.45) is 0 Å². The van der Waals surface area contributed by atoms with Crippen LogP contribution in [0.2, 0.25) is 0 Å². The smallest absolute Gasteiger partial charge is 0.207 e. The number of thiophene rings is 1. The average Bonchev–Trinajstić information content (AvgIpc) is 3.17. The Hall–Kier alpha value is -1.47. The molecule has 0 radical (unpaired) electrons. The van der Waals surface area contributed by atoms with E-state index >= 15 is 0 Å². The molecule has 2 aromatic rings. The lowest BCUT2D eigenvalue weighted by Crippen LogP contribution is -2.46. The van der Waals surface area contributed by atoms with E-state index in [1.54, 1.807) is 11.4 Å². The maximum absolute atomic E-state index is 12.6. The van der Waals surface area contributed by atoms with Gasteiger partial charge in [0.1, 0.15) is 4.21 Å². The van der Waals surface area contributed by atoms with Gasteiger partial charge in [-0.1, -0.05) is 6.07 Å². The monoisotopic (exact) mass is 454 g/mol. The lowest BCUT2D eigenvalue weighted by Gasteiger charge is -2.31. The van der Waals surface area contributed by atoms with Crippen molar-refractivity contribution in [3.63, 3.8) is 0 Å². The summed E-state index contributed by atoms with van der Waals surface area (Å²) < 4.78 is 91.6. The highest BCUT2D eigenvalue weighted by Crippen LogP contribution is 2.30. The van der Waals surface area contributed by atoms with Gasteiger partial charge in [0.15, 0.2) is 0 Å². The normalized spacial score (nSPS) is 17.7. The molecule has 1 saturated heterocycles. The molecule has 1 aliphatic heterocycles. The van der Waals surface area contributed by atoms with Crippen LogP contribution in [0.1, 0.15) is 18.4 Å². The fourth-order valence-electron chi connectivity index (χ4n) is 2.87. The van der Waals surface area contributed by atoms with Gasteiger partial charge in [0.05, 0.1) is 10.5 Å². The summed E-state index contributed by atoms with van der Waals surface area (Å²) in [7, 11) is -7.59. The van der Waals surface area contributed by atoms with Gasteiger partial charge in [-0.25, -0.2) is 21.6 Å². The molecule has 0 bridgehead atoms. The van der Waals surface area contributed by atoms with Crippen molar-refractivity contribution in [2.75, 3.05) is 13.1 Å². The molecule has 0 atom stereocenters. The SMILES string of the molecule is O=S(=O)(NC1CCN(S(=O)(=O)c2ccc(C(F)(F)F)cc2)CC1)c1cccs1. The number of hydrogen-bond donors (Lipinski definition) is 1. The molecule has 0 aliphatic carbocycles. The van der Waals surface area contributed by atoms with Crippen LogP contribution in [0.15, 0.2) is 50.9 Å². The maximum atomic E-state index is 12.6. The molecule has 2 heterocycles. The second-order valence-electron chi connectivity index (χ2n) is 6.25. The van der Waals surface area contributed by atoms with E-state index in [0.29, 0.717) is 0 Å². The van der Waals surface area contributed by atoms with Crippen LogP contribution in [0, 0.1) is 0 Å². The van der Waals surface area contributed by atoms with Crippen molar-refractivity contribution < 1.29 is 30.0 Å². The summed E-state index contributed by atoms with van der Waals surface area (Å²) in [6, 6.07) is 6.03. The van der Waals surface area contributed by atoms with Gasteiger partial charge in [-0.05, 0) is 48.6 Å². The van der Waals surface area contributed by atoms with Gasteiger partial charge in [0.2, 0.25) is 20.0 Å². The summed E-state index contributed by atoms with van der Waals surface area (Å²) in [4.78, 5) is -0.224. The Kier molecular flexibility index (Phi) is 5.88. The molecule has 0 spiro atoms. The number of benzene rings is 1. The summed E-state index contributed by atoms with van der Waals surface area (Å²) >= 11 is 1.09. The Labute approximate surface area is 165 Å². The fraction of sp³-hybridized carbons (Fsp3) is 0.375. The average molecular weight is 455 g/mol. The predicted octanol–water partition coefficient (Wildman–Crippen LogP) is 2.90. The molecule has 1 aromatic carbocycles. The number of rotatable bonds is 5. The minimum absolute atomic E-state index is 0.0704. The van der Waals surface area contributed by atoms with E-state index in [9.17, 15) is 30.0 Å². The van der Waals surface area contributed by atoms with Gasteiger partial charge >= 0.3 is 6.18 Å². The zero-order chi connectivity index (χ0) is 20.6. The topological polar surface area (TPSA) is 83.6 Å². The van der Waals surface area contributed by atoms with E-state index < -0.39 is 37.8 Å². The zero-order valence-electron chi connectivity index (χ0n) is 14.4. The minimum atomic E-state index is -4.54. The van der Waals surface area contributed by atoms with E-state index in [4.69, 9.17) is 0 Å². The van der Waals surface area contributed by atoms with Gasteiger partial charge in [-0.15, -0.1) is 11.3 Å². The molecule has 0 saturated carbocycles. The van der Waals surface area contributed by atoms with E-state index in [2.05, 4.69) is 4.72 Å². The largest absolute Gasteiger partial charge is 0.416 e. The number of alkyl halides is 3. The Morgan fingerprint density at radius 3 is 2.11 bits per heavy atom. The number of piperidine rings is 1. The molecule has 28 heavy (non-hydrogen) atoms. The highest BCUT2D eigenvalue weighted by molar-refractivity contribution is 7.91. The second-order valence-corrected chi connectivity index (χ2v) is 11.1. The van der Waals surface area contributed by atoms with Crippen LogP contribution in [0.25, 0.3) is 0 Å². The highest BCUT2D eigenvalue weighted by atomic mass is 32.2. The Balaban J connectivity index is 1.65. The van der Waals surface area contributed by atoms with E-state index in [1.165, 1.54) is 6.07 Å². The van der Waals surface area contributed by atoms with Crippen LogP contribution >= 0.6 is 11.3 Å². The number of halogens is 3. The standard InChI is InChI=1S/C16H17F3N2O4S3/c17-16(18,19)12-3-5-14(6-4-12)28(24,25)21-9-7-13(8-10-21)20-27(22,23)15-2-1-11-26-15/h1-6,11,13,20H,7-10H2. The van der Waals surface area contributed by atoms with Crippen molar-refractivity contribution in [2.45, 2.75) is 34.2 Å². The van der Waals surface area contributed by atoms with E-state index in [-0.39, 0.29) is 35.0 Å². The molecule has 154 valence electrons. The molecule has 3 rings (SSSR count). The Morgan fingerprint density at radius 1 is 1.00 bits per heavy atom. The van der Waals surface area contributed by atoms with Crippen LogP contribution < -0.4 is 4.72 Å². The summed E-state index contributed by atoms with van der Waals surface area (Å²) in [6.07, 6.45) is -4.00. The molecule has 1 N–H and O–H groups in total. The van der Waals surface area contributed by atoms with Gasteiger partial charge < -0.3 is 0 Å². The number of nitrogens with one attached hydrogen (secondary N) is 1. The first-order valence-corrected chi connectivity index (χ1v) is 12.0. The molecular weight excluding hydrogens is 437 g/mol. The van der Waals surface area contributed by atoms with Crippen LogP contribution in [0.3, 0.4) is 0 Å². The van der Waals surface area contributed by atoms with Crippen molar-refractivity contribution in [1.29, 1.82) is 0 Å². The number of sulfonamides is 2. The van der Waals surface area contributed by atoms with Crippen LogP contribution in [-0.4, -0.2) is 40.3 Å². The summed E-state index contributed by atoms with van der Waals surface area (Å²) in [5.74, 6) is 0. The molecule has 1 aliphatic rings. The van der Waals surface area contributed by atoms with Crippen LogP contribution in [0.4, 0.5) is 13.2 Å². The van der Waals surface area contributed by atoms with Crippen molar-refractivity contribution in [3.8, 4) is 0 Å². The van der Waals surface area contributed by atoms with Crippen molar-refractivity contribution >= 4 is 31.4 Å². The Morgan fingerprint density at radius 2 is 1.61 bits per heavy atom. The number of hydrogen-bond acceptors (Lipinski definition) is 5. The van der Waals surface area contributed by atoms with Gasteiger partial charge in [0.25, 0.3) is 0 Å². The van der Waals surface area contributed by atoms with Crippen molar-refractivity contribution in [3.05, 3.63) is 47.3 Å². The summed E-state index contributed by atoms with van der Waals surface area (Å²) in [5.41, 5.74) is -0.923. The van der Waals surface area contributed by atoms with Crippen LogP contribution in [-0.2, 0) is 26.2 Å².